The first-order valence-electron chi connectivity index (χ1n) is 11.4. The van der Waals surface area contributed by atoms with Crippen molar-refractivity contribution in [2.45, 2.75) is 52.1 Å². The Labute approximate surface area is 208 Å². The number of hydrogen-bond acceptors (Lipinski definition) is 4. The smallest absolute Gasteiger partial charge is 0.193 e. The Kier molecular flexibility index (Phi) is 9.59. The van der Waals surface area contributed by atoms with Gasteiger partial charge in [-0.3, -0.25) is 9.89 Å². The number of guanidine groups is 1. The van der Waals surface area contributed by atoms with E-state index in [1.54, 1.807) is 11.3 Å². The second kappa shape index (κ2) is 12.2. The molecule has 170 valence electrons. The van der Waals surface area contributed by atoms with Gasteiger partial charge in [-0.15, -0.1) is 35.3 Å². The third kappa shape index (κ3) is 6.65. The van der Waals surface area contributed by atoms with Crippen LogP contribution in [0.25, 0.3) is 0 Å². The number of thiazole rings is 1. The molecule has 31 heavy (non-hydrogen) atoms. The summed E-state index contributed by atoms with van der Waals surface area (Å²) in [5.74, 6) is 1.82. The molecular weight excluding hydrogens is 517 g/mol. The lowest BCUT2D eigenvalue weighted by Crippen LogP contribution is -2.56. The largest absolute Gasteiger partial charge is 0.357 e. The Morgan fingerprint density at radius 1 is 1.23 bits per heavy atom. The first-order chi connectivity index (χ1) is 14.7. The molecule has 1 aromatic heterocycles. The lowest BCUT2D eigenvalue weighted by atomic mass is 9.83. The predicted molar refractivity (Wildman–Crippen MR) is 142 cm³/mol. The van der Waals surface area contributed by atoms with Crippen molar-refractivity contribution >= 4 is 41.3 Å². The van der Waals surface area contributed by atoms with E-state index in [9.17, 15) is 0 Å². The van der Waals surface area contributed by atoms with Crippen molar-refractivity contribution < 1.29 is 0 Å². The summed E-state index contributed by atoms with van der Waals surface area (Å²) in [6.07, 6.45) is 4.79. The van der Waals surface area contributed by atoms with E-state index in [2.05, 4.69) is 69.7 Å². The number of piperidine rings is 2. The van der Waals surface area contributed by atoms with Gasteiger partial charge in [-0.25, -0.2) is 4.98 Å². The van der Waals surface area contributed by atoms with E-state index in [-0.39, 0.29) is 24.0 Å². The summed E-state index contributed by atoms with van der Waals surface area (Å²) in [5.41, 5.74) is 2.60. The van der Waals surface area contributed by atoms with Crippen LogP contribution in [0.2, 0.25) is 0 Å². The molecule has 2 atom stereocenters. The number of aryl methyl sites for hydroxylation is 1. The summed E-state index contributed by atoms with van der Waals surface area (Å²) in [7, 11) is 0. The number of hydrogen-bond donors (Lipinski definition) is 1. The fraction of sp³-hybridized carbons (Fsp3) is 0.583. The van der Waals surface area contributed by atoms with Crippen molar-refractivity contribution in [1.29, 1.82) is 0 Å². The van der Waals surface area contributed by atoms with Crippen LogP contribution in [-0.4, -0.2) is 59.5 Å². The molecular formula is C24H36IN5S. The van der Waals surface area contributed by atoms with E-state index < -0.39 is 0 Å². The Morgan fingerprint density at radius 2 is 2.06 bits per heavy atom. The van der Waals surface area contributed by atoms with Crippen LogP contribution in [0.4, 0.5) is 0 Å². The predicted octanol–water partition coefficient (Wildman–Crippen LogP) is 4.56. The second-order valence-electron chi connectivity index (χ2n) is 8.50. The minimum Gasteiger partial charge on any atom is -0.357 e. The number of aromatic nitrogens is 1. The molecule has 2 fully saturated rings. The van der Waals surface area contributed by atoms with E-state index in [1.807, 2.05) is 0 Å². The van der Waals surface area contributed by atoms with E-state index >= 15 is 0 Å². The second-order valence-corrected chi connectivity index (χ2v) is 9.57. The fourth-order valence-electron chi connectivity index (χ4n) is 4.94. The van der Waals surface area contributed by atoms with E-state index in [4.69, 9.17) is 4.99 Å². The molecule has 7 heteroatoms. The maximum absolute atomic E-state index is 4.95. The number of benzene rings is 1. The summed E-state index contributed by atoms with van der Waals surface area (Å²) in [5, 5.41) is 6.83. The third-order valence-electron chi connectivity index (χ3n) is 6.34. The maximum atomic E-state index is 4.95. The van der Waals surface area contributed by atoms with Crippen LogP contribution < -0.4 is 5.32 Å². The molecule has 1 N–H and O–H groups in total. The number of likely N-dealkylation sites (tertiary alicyclic amines) is 2. The van der Waals surface area contributed by atoms with Gasteiger partial charge in [0.2, 0.25) is 0 Å². The quantitative estimate of drug-likeness (QED) is 0.324. The monoisotopic (exact) mass is 553 g/mol. The summed E-state index contributed by atoms with van der Waals surface area (Å²) < 4.78 is 0. The van der Waals surface area contributed by atoms with Gasteiger partial charge in [0.1, 0.15) is 0 Å². The molecule has 3 heterocycles. The van der Waals surface area contributed by atoms with Gasteiger partial charge in [-0.1, -0.05) is 30.3 Å². The SMILES string of the molecule is CCNC(=NCCc1csc(C)n1)N1CCC2C(CCCN2Cc2ccccc2)C1.I. The minimum absolute atomic E-state index is 0. The molecule has 0 radical (unpaired) electrons. The summed E-state index contributed by atoms with van der Waals surface area (Å²) in [6, 6.07) is 11.7. The van der Waals surface area contributed by atoms with Crippen molar-refractivity contribution in [3.63, 3.8) is 0 Å². The van der Waals surface area contributed by atoms with Gasteiger partial charge in [0, 0.05) is 50.6 Å². The van der Waals surface area contributed by atoms with Crippen molar-refractivity contribution in [3.8, 4) is 0 Å². The summed E-state index contributed by atoms with van der Waals surface area (Å²) >= 11 is 1.72. The van der Waals surface area contributed by atoms with Gasteiger partial charge in [-0.05, 0) is 51.1 Å². The van der Waals surface area contributed by atoms with Gasteiger partial charge < -0.3 is 10.2 Å². The lowest BCUT2D eigenvalue weighted by molar-refractivity contribution is 0.0372. The molecule has 5 nitrogen and oxygen atoms in total. The number of nitrogens with one attached hydrogen (secondary N) is 1. The van der Waals surface area contributed by atoms with Gasteiger partial charge in [0.05, 0.1) is 10.7 Å². The van der Waals surface area contributed by atoms with Crippen molar-refractivity contribution in [1.82, 2.24) is 20.1 Å². The van der Waals surface area contributed by atoms with E-state index in [1.165, 1.54) is 37.1 Å². The average molecular weight is 554 g/mol. The van der Waals surface area contributed by atoms with Crippen LogP contribution >= 0.6 is 35.3 Å². The molecule has 0 bridgehead atoms. The number of aliphatic imine (C=N–C) groups is 1. The van der Waals surface area contributed by atoms with Crippen molar-refractivity contribution in [3.05, 3.63) is 52.0 Å². The molecule has 2 aliphatic heterocycles. The molecule has 4 rings (SSSR count). The normalized spacial score (nSPS) is 22.0. The van der Waals surface area contributed by atoms with Gasteiger partial charge in [0.25, 0.3) is 0 Å². The van der Waals surface area contributed by atoms with Gasteiger partial charge in [-0.2, -0.15) is 0 Å². The van der Waals surface area contributed by atoms with Crippen LogP contribution in [0.3, 0.4) is 0 Å². The number of rotatable bonds is 6. The van der Waals surface area contributed by atoms with Crippen LogP contribution in [0.15, 0.2) is 40.7 Å². The highest BCUT2D eigenvalue weighted by molar-refractivity contribution is 14.0. The molecule has 2 unspecified atom stereocenters. The Bertz CT molecular complexity index is 824. The highest BCUT2D eigenvalue weighted by Gasteiger charge is 2.36. The van der Waals surface area contributed by atoms with Crippen LogP contribution in [0.5, 0.6) is 0 Å². The van der Waals surface area contributed by atoms with E-state index in [0.29, 0.717) is 6.04 Å². The molecule has 2 aliphatic rings. The van der Waals surface area contributed by atoms with Gasteiger partial charge >= 0.3 is 0 Å². The first-order valence-corrected chi connectivity index (χ1v) is 12.3. The van der Waals surface area contributed by atoms with Gasteiger partial charge in [0.15, 0.2) is 5.96 Å². The Morgan fingerprint density at radius 3 is 2.81 bits per heavy atom. The summed E-state index contributed by atoms with van der Waals surface area (Å²) in [6.45, 7) is 10.5. The van der Waals surface area contributed by atoms with Crippen molar-refractivity contribution in [2.75, 3.05) is 32.7 Å². The van der Waals surface area contributed by atoms with Crippen molar-refractivity contribution in [2.24, 2.45) is 10.9 Å². The van der Waals surface area contributed by atoms with Crippen LogP contribution in [0, 0.1) is 12.8 Å². The molecule has 2 aromatic rings. The number of fused-ring (bicyclic) bond motifs is 1. The van der Waals surface area contributed by atoms with E-state index in [0.717, 1.165) is 56.0 Å². The zero-order chi connectivity index (χ0) is 20.8. The highest BCUT2D eigenvalue weighted by Crippen LogP contribution is 2.31. The summed E-state index contributed by atoms with van der Waals surface area (Å²) in [4.78, 5) is 14.8. The maximum Gasteiger partial charge on any atom is 0.193 e. The highest BCUT2D eigenvalue weighted by atomic mass is 127. The molecule has 0 saturated carbocycles. The lowest BCUT2D eigenvalue weighted by Gasteiger charge is -2.48. The number of halogens is 1. The molecule has 0 amide bonds. The molecule has 0 spiro atoms. The molecule has 2 saturated heterocycles. The minimum atomic E-state index is 0. The topological polar surface area (TPSA) is 43.8 Å². The fourth-order valence-corrected chi connectivity index (χ4v) is 5.59. The molecule has 1 aromatic carbocycles. The van der Waals surface area contributed by atoms with Crippen LogP contribution in [-0.2, 0) is 13.0 Å². The third-order valence-corrected chi connectivity index (χ3v) is 7.16. The average Bonchev–Trinajstić information content (AvgIpc) is 3.19. The van der Waals surface area contributed by atoms with Crippen LogP contribution in [0.1, 0.15) is 42.5 Å². The zero-order valence-corrected chi connectivity index (χ0v) is 21.9. The zero-order valence-electron chi connectivity index (χ0n) is 18.8. The standard InChI is InChI=1S/C24H35N5S.HI/c1-3-25-24(26-13-11-22-18-30-19(2)27-22)29-15-12-23-21(17-29)10-7-14-28(23)16-20-8-5-4-6-9-20;/h4-6,8-9,18,21,23H,3,7,10-17H2,1-2H3,(H,25,26);1H. The Balaban J connectivity index is 0.00000272. The molecule has 0 aliphatic carbocycles. The Hall–Kier alpha value is -1.19. The first kappa shape index (κ1) is 24.5. The number of nitrogens with zero attached hydrogens (tertiary/aromatic N) is 4.